The van der Waals surface area contributed by atoms with E-state index in [2.05, 4.69) is 11.4 Å². The Kier molecular flexibility index (Phi) is 3.00. The number of ether oxygens (including phenoxy) is 1. The van der Waals surface area contributed by atoms with Crippen LogP contribution in [0.1, 0.15) is 25.0 Å². The van der Waals surface area contributed by atoms with E-state index in [0.29, 0.717) is 10.7 Å². The molecule has 1 aromatic heterocycles. The van der Waals surface area contributed by atoms with Gasteiger partial charge in [0.1, 0.15) is 11.7 Å². The SMILES string of the molecule is CC1(C)OC(=S)Nc2cccc(-c3sccc3C#N)c21. The Labute approximate surface area is 126 Å². The molecule has 0 fully saturated rings. The number of fused-ring (bicyclic) bond motifs is 1. The van der Waals surface area contributed by atoms with Crippen molar-refractivity contribution in [2.24, 2.45) is 0 Å². The zero-order valence-corrected chi connectivity index (χ0v) is 12.7. The number of anilines is 1. The predicted octanol–water partition coefficient (Wildman–Crippen LogP) is 4.25. The standard InChI is InChI=1S/C15H12N2OS2/c1-15(2)12-10(13-9(8-16)6-7-20-13)4-3-5-11(12)17-14(19)18-15/h3-7H,1-2H3,(H,17,19). The summed E-state index contributed by atoms with van der Waals surface area (Å²) in [5.41, 5.74) is 3.17. The first-order chi connectivity index (χ1) is 9.53. The van der Waals surface area contributed by atoms with Crippen molar-refractivity contribution in [1.29, 1.82) is 5.26 Å². The zero-order chi connectivity index (χ0) is 14.3. The van der Waals surface area contributed by atoms with Crippen LogP contribution in [0.3, 0.4) is 0 Å². The van der Waals surface area contributed by atoms with Crippen LogP contribution < -0.4 is 5.32 Å². The van der Waals surface area contributed by atoms with Gasteiger partial charge in [0.2, 0.25) is 0 Å². The molecule has 1 aliphatic heterocycles. The van der Waals surface area contributed by atoms with Crippen molar-refractivity contribution < 1.29 is 4.74 Å². The van der Waals surface area contributed by atoms with Crippen LogP contribution in [0.25, 0.3) is 10.4 Å². The molecule has 1 N–H and O–H groups in total. The van der Waals surface area contributed by atoms with E-state index < -0.39 is 5.60 Å². The smallest absolute Gasteiger partial charge is 0.262 e. The first-order valence-corrected chi connectivity index (χ1v) is 7.43. The van der Waals surface area contributed by atoms with Gasteiger partial charge < -0.3 is 10.1 Å². The molecule has 2 aromatic rings. The molecular weight excluding hydrogens is 288 g/mol. The van der Waals surface area contributed by atoms with Crippen LogP contribution in [0.2, 0.25) is 0 Å². The highest BCUT2D eigenvalue weighted by Gasteiger charge is 2.34. The first-order valence-electron chi connectivity index (χ1n) is 6.14. The van der Waals surface area contributed by atoms with Crippen LogP contribution in [0.5, 0.6) is 0 Å². The number of thiocarbonyl (C=S) groups is 1. The lowest BCUT2D eigenvalue weighted by atomic mass is 9.89. The molecule has 0 unspecified atom stereocenters. The summed E-state index contributed by atoms with van der Waals surface area (Å²) in [6.07, 6.45) is 0. The highest BCUT2D eigenvalue weighted by atomic mass is 32.1. The monoisotopic (exact) mass is 300 g/mol. The minimum absolute atomic E-state index is 0.381. The lowest BCUT2D eigenvalue weighted by molar-refractivity contribution is 0.0953. The number of benzene rings is 1. The fourth-order valence-corrected chi connectivity index (χ4v) is 3.71. The van der Waals surface area contributed by atoms with Crippen LogP contribution >= 0.6 is 23.6 Å². The number of nitriles is 1. The molecule has 0 saturated carbocycles. The Bertz CT molecular complexity index is 741. The van der Waals surface area contributed by atoms with Crippen LogP contribution in [-0.4, -0.2) is 5.17 Å². The number of hydrogen-bond acceptors (Lipinski definition) is 4. The van der Waals surface area contributed by atoms with Gasteiger partial charge in [0.25, 0.3) is 5.17 Å². The van der Waals surface area contributed by atoms with Crippen LogP contribution in [-0.2, 0) is 10.3 Å². The summed E-state index contributed by atoms with van der Waals surface area (Å²) in [7, 11) is 0. The van der Waals surface area contributed by atoms with Crippen molar-refractivity contribution in [3.05, 3.63) is 40.8 Å². The van der Waals surface area contributed by atoms with Gasteiger partial charge in [0.05, 0.1) is 10.4 Å². The van der Waals surface area contributed by atoms with E-state index in [1.165, 1.54) is 0 Å². The third-order valence-electron chi connectivity index (χ3n) is 3.28. The van der Waals surface area contributed by atoms with Gasteiger partial charge in [-0.15, -0.1) is 11.3 Å². The molecule has 0 radical (unpaired) electrons. The Morgan fingerprint density at radius 1 is 1.35 bits per heavy atom. The molecule has 1 aromatic carbocycles. The lowest BCUT2D eigenvalue weighted by Gasteiger charge is -2.35. The van der Waals surface area contributed by atoms with E-state index in [1.807, 2.05) is 43.5 Å². The normalized spacial score (nSPS) is 15.8. The summed E-state index contributed by atoms with van der Waals surface area (Å²) >= 11 is 6.70. The molecule has 2 heterocycles. The van der Waals surface area contributed by atoms with Crippen molar-refractivity contribution in [2.45, 2.75) is 19.4 Å². The molecule has 0 bridgehead atoms. The summed E-state index contributed by atoms with van der Waals surface area (Å²) in [5, 5.41) is 14.6. The van der Waals surface area contributed by atoms with Crippen molar-refractivity contribution >= 4 is 34.4 Å². The Balaban J connectivity index is 2.28. The quantitative estimate of drug-likeness (QED) is 0.800. The minimum atomic E-state index is -0.523. The second-order valence-corrected chi connectivity index (χ2v) is 6.32. The molecule has 0 atom stereocenters. The number of nitrogens with zero attached hydrogens (tertiary/aromatic N) is 1. The van der Waals surface area contributed by atoms with Gasteiger partial charge in [-0.25, -0.2) is 0 Å². The molecular formula is C15H12N2OS2. The molecule has 1 aliphatic rings. The van der Waals surface area contributed by atoms with E-state index >= 15 is 0 Å². The highest BCUT2D eigenvalue weighted by molar-refractivity contribution is 7.80. The maximum atomic E-state index is 9.23. The van der Waals surface area contributed by atoms with E-state index in [9.17, 15) is 5.26 Å². The van der Waals surface area contributed by atoms with Gasteiger partial charge in [-0.3, -0.25) is 0 Å². The average Bonchev–Trinajstić information content (AvgIpc) is 2.84. The van der Waals surface area contributed by atoms with E-state index in [4.69, 9.17) is 17.0 Å². The van der Waals surface area contributed by atoms with Gasteiger partial charge in [-0.05, 0) is 43.6 Å². The lowest BCUT2D eigenvalue weighted by Crippen LogP contribution is -2.35. The van der Waals surface area contributed by atoms with Gasteiger partial charge in [-0.1, -0.05) is 12.1 Å². The predicted molar refractivity (Wildman–Crippen MR) is 84.8 cm³/mol. The van der Waals surface area contributed by atoms with Gasteiger partial charge in [-0.2, -0.15) is 5.26 Å². The molecule has 0 saturated heterocycles. The van der Waals surface area contributed by atoms with Gasteiger partial charge in [0.15, 0.2) is 0 Å². The van der Waals surface area contributed by atoms with Crippen molar-refractivity contribution in [1.82, 2.24) is 0 Å². The molecule has 0 aliphatic carbocycles. The molecule has 5 heteroatoms. The molecule has 0 amide bonds. The fourth-order valence-electron chi connectivity index (χ4n) is 2.52. The Hall–Kier alpha value is -1.90. The molecule has 0 spiro atoms. The number of rotatable bonds is 1. The second-order valence-electron chi connectivity index (χ2n) is 5.03. The summed E-state index contributed by atoms with van der Waals surface area (Å²) in [6, 6.07) is 10.0. The Morgan fingerprint density at radius 3 is 2.90 bits per heavy atom. The summed E-state index contributed by atoms with van der Waals surface area (Å²) in [6.45, 7) is 3.98. The maximum Gasteiger partial charge on any atom is 0.262 e. The van der Waals surface area contributed by atoms with Gasteiger partial charge >= 0.3 is 0 Å². The number of hydrogen-bond donors (Lipinski definition) is 1. The second kappa shape index (κ2) is 4.58. The van der Waals surface area contributed by atoms with Crippen LogP contribution in [0.15, 0.2) is 29.6 Å². The largest absolute Gasteiger partial charge is 0.460 e. The topological polar surface area (TPSA) is 45.0 Å². The fraction of sp³-hybridized carbons (Fsp3) is 0.200. The summed E-state index contributed by atoms with van der Waals surface area (Å²) in [5.74, 6) is 0. The number of nitrogens with one attached hydrogen (secondary N) is 1. The first kappa shape index (κ1) is 13.1. The van der Waals surface area contributed by atoms with Crippen molar-refractivity contribution in [3.8, 4) is 16.5 Å². The molecule has 3 rings (SSSR count). The molecule has 20 heavy (non-hydrogen) atoms. The van der Waals surface area contributed by atoms with Crippen molar-refractivity contribution in [3.63, 3.8) is 0 Å². The average molecular weight is 300 g/mol. The summed E-state index contributed by atoms with van der Waals surface area (Å²) in [4.78, 5) is 0.968. The third kappa shape index (κ3) is 1.98. The van der Waals surface area contributed by atoms with Crippen molar-refractivity contribution in [2.75, 3.05) is 5.32 Å². The van der Waals surface area contributed by atoms with Gasteiger partial charge in [0, 0.05) is 16.8 Å². The Morgan fingerprint density at radius 2 is 2.15 bits per heavy atom. The van der Waals surface area contributed by atoms with Crippen LogP contribution in [0.4, 0.5) is 5.69 Å². The third-order valence-corrected chi connectivity index (χ3v) is 4.41. The van der Waals surface area contributed by atoms with E-state index in [0.717, 1.165) is 21.7 Å². The van der Waals surface area contributed by atoms with E-state index in [-0.39, 0.29) is 0 Å². The molecule has 3 nitrogen and oxygen atoms in total. The maximum absolute atomic E-state index is 9.23. The minimum Gasteiger partial charge on any atom is -0.460 e. The molecule has 100 valence electrons. The number of thiophene rings is 1. The van der Waals surface area contributed by atoms with E-state index in [1.54, 1.807) is 11.3 Å². The zero-order valence-electron chi connectivity index (χ0n) is 11.1. The van der Waals surface area contributed by atoms with Crippen LogP contribution in [0, 0.1) is 11.3 Å². The summed E-state index contributed by atoms with van der Waals surface area (Å²) < 4.78 is 5.75. The highest BCUT2D eigenvalue weighted by Crippen LogP contribution is 2.44.